The summed E-state index contributed by atoms with van der Waals surface area (Å²) >= 11 is 3.62. The molecule has 1 saturated heterocycles. The van der Waals surface area contributed by atoms with Gasteiger partial charge < -0.3 is 9.47 Å². The molecule has 2 aromatic rings. The number of nitrogens with zero attached hydrogens (tertiary/aromatic N) is 3. The average Bonchev–Trinajstić information content (AvgIpc) is 2.83. The molecule has 1 aromatic carbocycles. The predicted molar refractivity (Wildman–Crippen MR) is 83.6 cm³/mol. The van der Waals surface area contributed by atoms with Crippen LogP contribution in [0.3, 0.4) is 0 Å². The predicted octanol–water partition coefficient (Wildman–Crippen LogP) is 2.65. The van der Waals surface area contributed by atoms with Gasteiger partial charge in [-0.3, -0.25) is 4.90 Å². The number of fused-ring (bicyclic) bond motifs is 1. The number of likely N-dealkylation sites (N-methyl/N-ethyl adjacent to an activating group) is 1. The molecular weight excluding hydrogens is 302 g/mol. The highest BCUT2D eigenvalue weighted by atomic mass is 79.9. The summed E-state index contributed by atoms with van der Waals surface area (Å²) < 4.78 is 3.54. The van der Waals surface area contributed by atoms with Gasteiger partial charge in [0.1, 0.15) is 0 Å². The maximum Gasteiger partial charge on any atom is 0.0492 e. The molecule has 2 heterocycles. The van der Waals surface area contributed by atoms with Crippen LogP contribution in [0.25, 0.3) is 10.9 Å². The molecular formula is C15H20BrN3. The second-order valence-corrected chi connectivity index (χ2v) is 6.18. The van der Waals surface area contributed by atoms with Gasteiger partial charge in [-0.05, 0) is 25.2 Å². The number of rotatable bonds is 3. The first-order valence-corrected chi connectivity index (χ1v) is 7.67. The molecule has 0 atom stereocenters. The summed E-state index contributed by atoms with van der Waals surface area (Å²) in [7, 11) is 2.20. The molecule has 0 unspecified atom stereocenters. The van der Waals surface area contributed by atoms with Crippen molar-refractivity contribution in [2.75, 3.05) is 39.8 Å². The summed E-state index contributed by atoms with van der Waals surface area (Å²) in [6.07, 6.45) is 2.20. The van der Waals surface area contributed by atoms with Crippen LogP contribution in [0.1, 0.15) is 0 Å². The van der Waals surface area contributed by atoms with Crippen LogP contribution < -0.4 is 0 Å². The lowest BCUT2D eigenvalue weighted by Crippen LogP contribution is -2.45. The van der Waals surface area contributed by atoms with Gasteiger partial charge >= 0.3 is 0 Å². The Kier molecular flexibility index (Phi) is 3.91. The normalized spacial score (nSPS) is 18.2. The van der Waals surface area contributed by atoms with Gasteiger partial charge in [-0.2, -0.15) is 0 Å². The van der Waals surface area contributed by atoms with Crippen molar-refractivity contribution in [1.82, 2.24) is 14.4 Å². The maximum atomic E-state index is 3.62. The molecule has 1 fully saturated rings. The first kappa shape index (κ1) is 13.2. The first-order valence-electron chi connectivity index (χ1n) is 6.88. The van der Waals surface area contributed by atoms with E-state index in [0.717, 1.165) is 13.1 Å². The van der Waals surface area contributed by atoms with E-state index in [-0.39, 0.29) is 0 Å². The van der Waals surface area contributed by atoms with E-state index in [1.165, 1.54) is 41.6 Å². The Morgan fingerprint density at radius 3 is 2.63 bits per heavy atom. The quantitative estimate of drug-likeness (QED) is 0.861. The zero-order valence-electron chi connectivity index (χ0n) is 11.3. The molecule has 1 aliphatic rings. The molecule has 1 aliphatic heterocycles. The van der Waals surface area contributed by atoms with Crippen molar-refractivity contribution in [2.24, 2.45) is 0 Å². The van der Waals surface area contributed by atoms with E-state index in [0.29, 0.717) is 0 Å². The Bertz CT molecular complexity index is 556. The van der Waals surface area contributed by atoms with E-state index < -0.39 is 0 Å². The van der Waals surface area contributed by atoms with Crippen LogP contribution in [0.2, 0.25) is 0 Å². The van der Waals surface area contributed by atoms with Crippen LogP contribution in [0.4, 0.5) is 0 Å². The Morgan fingerprint density at radius 1 is 1.05 bits per heavy atom. The molecule has 0 saturated carbocycles. The minimum atomic E-state index is 1.07. The molecule has 3 rings (SSSR count). The number of hydrogen-bond acceptors (Lipinski definition) is 2. The second kappa shape index (κ2) is 5.65. The Morgan fingerprint density at radius 2 is 1.84 bits per heavy atom. The molecule has 0 N–H and O–H groups in total. The van der Waals surface area contributed by atoms with Crippen molar-refractivity contribution in [3.63, 3.8) is 0 Å². The fraction of sp³-hybridized carbons (Fsp3) is 0.467. The van der Waals surface area contributed by atoms with Gasteiger partial charge in [-0.25, -0.2) is 0 Å². The number of hydrogen-bond donors (Lipinski definition) is 0. The number of benzene rings is 1. The Labute approximate surface area is 122 Å². The first-order chi connectivity index (χ1) is 9.24. The monoisotopic (exact) mass is 321 g/mol. The summed E-state index contributed by atoms with van der Waals surface area (Å²) in [5.41, 5.74) is 1.32. The van der Waals surface area contributed by atoms with Crippen LogP contribution in [-0.2, 0) is 6.54 Å². The van der Waals surface area contributed by atoms with Gasteiger partial charge in [-0.1, -0.05) is 22.0 Å². The molecule has 0 radical (unpaired) electrons. The second-order valence-electron chi connectivity index (χ2n) is 5.33. The van der Waals surface area contributed by atoms with E-state index >= 15 is 0 Å². The molecule has 0 aliphatic carbocycles. The fourth-order valence-corrected chi connectivity index (χ4v) is 3.19. The van der Waals surface area contributed by atoms with Crippen LogP contribution in [-0.4, -0.2) is 54.1 Å². The number of piperazine rings is 1. The van der Waals surface area contributed by atoms with Crippen molar-refractivity contribution in [3.8, 4) is 0 Å². The zero-order chi connectivity index (χ0) is 13.2. The van der Waals surface area contributed by atoms with Crippen molar-refractivity contribution >= 4 is 26.8 Å². The summed E-state index contributed by atoms with van der Waals surface area (Å²) in [5.74, 6) is 0. The lowest BCUT2D eigenvalue weighted by atomic mass is 10.2. The van der Waals surface area contributed by atoms with Crippen molar-refractivity contribution in [3.05, 3.63) is 34.9 Å². The summed E-state index contributed by atoms with van der Waals surface area (Å²) in [6, 6.07) is 8.61. The zero-order valence-corrected chi connectivity index (χ0v) is 12.9. The van der Waals surface area contributed by atoms with E-state index in [4.69, 9.17) is 0 Å². The highest BCUT2D eigenvalue weighted by Gasteiger charge is 2.13. The standard InChI is InChI=1S/C15H20BrN3/c1-17-7-9-18(10-8-17)11-12-19-6-5-13-14(16)3-2-4-15(13)19/h2-6H,7-12H2,1H3. The Balaban J connectivity index is 1.67. The van der Waals surface area contributed by atoms with Crippen LogP contribution >= 0.6 is 15.9 Å². The average molecular weight is 322 g/mol. The molecule has 0 amide bonds. The van der Waals surface area contributed by atoms with Crippen molar-refractivity contribution in [1.29, 1.82) is 0 Å². The van der Waals surface area contributed by atoms with Gasteiger partial charge in [0.25, 0.3) is 0 Å². The highest BCUT2D eigenvalue weighted by molar-refractivity contribution is 9.10. The van der Waals surface area contributed by atoms with Crippen molar-refractivity contribution < 1.29 is 0 Å². The topological polar surface area (TPSA) is 11.4 Å². The number of aromatic nitrogens is 1. The summed E-state index contributed by atoms with van der Waals surface area (Å²) in [6.45, 7) is 6.99. The SMILES string of the molecule is CN1CCN(CCn2ccc3c(Br)cccc32)CC1. The Hall–Kier alpha value is -0.840. The van der Waals surface area contributed by atoms with E-state index in [1.807, 2.05) is 0 Å². The molecule has 102 valence electrons. The smallest absolute Gasteiger partial charge is 0.0492 e. The van der Waals surface area contributed by atoms with Crippen molar-refractivity contribution in [2.45, 2.75) is 6.54 Å². The third-order valence-corrected chi connectivity index (χ3v) is 4.71. The number of halogens is 1. The molecule has 19 heavy (non-hydrogen) atoms. The summed E-state index contributed by atoms with van der Waals surface area (Å²) in [5, 5.41) is 1.31. The van der Waals surface area contributed by atoms with Gasteiger partial charge in [-0.15, -0.1) is 0 Å². The molecule has 1 aromatic heterocycles. The lowest BCUT2D eigenvalue weighted by molar-refractivity contribution is 0.150. The van der Waals surface area contributed by atoms with Crippen LogP contribution in [0.15, 0.2) is 34.9 Å². The molecule has 4 heteroatoms. The largest absolute Gasteiger partial charge is 0.346 e. The molecule has 0 spiro atoms. The van der Waals surface area contributed by atoms with Gasteiger partial charge in [0, 0.05) is 60.8 Å². The summed E-state index contributed by atoms with van der Waals surface area (Å²) in [4.78, 5) is 4.96. The van der Waals surface area contributed by atoms with Crippen LogP contribution in [0.5, 0.6) is 0 Å². The van der Waals surface area contributed by atoms with Gasteiger partial charge in [0.15, 0.2) is 0 Å². The minimum Gasteiger partial charge on any atom is -0.346 e. The van der Waals surface area contributed by atoms with E-state index in [9.17, 15) is 0 Å². The fourth-order valence-electron chi connectivity index (χ4n) is 2.70. The third-order valence-electron chi connectivity index (χ3n) is 4.01. The maximum absolute atomic E-state index is 3.62. The van der Waals surface area contributed by atoms with Gasteiger partial charge in [0.05, 0.1) is 0 Å². The highest BCUT2D eigenvalue weighted by Crippen LogP contribution is 2.24. The molecule has 3 nitrogen and oxygen atoms in total. The lowest BCUT2D eigenvalue weighted by Gasteiger charge is -2.32. The van der Waals surface area contributed by atoms with E-state index in [2.05, 4.69) is 67.8 Å². The van der Waals surface area contributed by atoms with E-state index in [1.54, 1.807) is 0 Å². The third kappa shape index (κ3) is 2.86. The van der Waals surface area contributed by atoms with Crippen LogP contribution in [0, 0.1) is 0 Å². The minimum absolute atomic E-state index is 1.07. The molecule has 0 bridgehead atoms. The van der Waals surface area contributed by atoms with Gasteiger partial charge in [0.2, 0.25) is 0 Å².